The van der Waals surface area contributed by atoms with Gasteiger partial charge < -0.3 is 14.7 Å². The molecule has 15 heteroatoms. The predicted molar refractivity (Wildman–Crippen MR) is 238 cm³/mol. The van der Waals surface area contributed by atoms with Crippen molar-refractivity contribution in [3.63, 3.8) is 0 Å². The monoisotopic (exact) mass is 844 g/mol. The van der Waals surface area contributed by atoms with Gasteiger partial charge in [-0.2, -0.15) is 0 Å². The minimum Gasteiger partial charge on any atom is -0.369 e. The van der Waals surface area contributed by atoms with E-state index in [1.54, 1.807) is 36.2 Å². The van der Waals surface area contributed by atoms with Crippen LogP contribution < -0.4 is 14.5 Å². The van der Waals surface area contributed by atoms with Gasteiger partial charge >= 0.3 is 6.03 Å². The molecule has 0 radical (unpaired) electrons. The van der Waals surface area contributed by atoms with Gasteiger partial charge in [0.15, 0.2) is 0 Å². The molecule has 61 heavy (non-hydrogen) atoms. The Morgan fingerprint density at radius 1 is 0.754 bits per heavy atom. The smallest absolute Gasteiger partial charge is 0.324 e. The fourth-order valence-corrected chi connectivity index (χ4v) is 8.99. The summed E-state index contributed by atoms with van der Waals surface area (Å²) in [7, 11) is 0.616. The number of piperazine rings is 2. The summed E-state index contributed by atoms with van der Waals surface area (Å²) in [4.78, 5) is 50.3. The normalized spacial score (nSPS) is 15.8. The van der Waals surface area contributed by atoms with Gasteiger partial charge in [0.05, 0.1) is 15.9 Å². The maximum Gasteiger partial charge on any atom is 0.324 e. The van der Waals surface area contributed by atoms with Crippen LogP contribution in [-0.4, -0.2) is 125 Å². The molecule has 0 aliphatic carbocycles. The lowest BCUT2D eigenvalue weighted by Crippen LogP contribution is -2.49. The van der Waals surface area contributed by atoms with E-state index in [0.29, 0.717) is 6.54 Å². The van der Waals surface area contributed by atoms with Crippen LogP contribution in [-0.2, 0) is 16.6 Å². The standard InChI is InChI=1S/C46H52N8O6S/c1-48-24-26-52(27-25-48)34-44(36-14-8-5-9-15-36)50(3)46(56)49(2)42-23-22-40(32-43(42)54(57)58)61(59,60)47-45(55)37-18-20-39(21-19-37)53-30-28-51(29-31-53)33-38-16-10-11-17-41(38)35-12-6-4-7-13-35/h4-23,32,44H,24-31,33-34H2,1-3H3,(H,47,55). The van der Waals surface area contributed by atoms with E-state index in [1.807, 2.05) is 48.5 Å². The van der Waals surface area contributed by atoms with Crippen molar-refractivity contribution >= 4 is 39.0 Å². The fraction of sp³-hybridized carbons (Fsp3) is 0.304. The van der Waals surface area contributed by atoms with Crippen LogP contribution in [0, 0.1) is 10.1 Å². The van der Waals surface area contributed by atoms with Crippen LogP contribution in [0.1, 0.15) is 27.5 Å². The molecular formula is C46H52N8O6S. The number of likely N-dealkylation sites (N-methyl/N-ethyl adjacent to an activating group) is 2. The summed E-state index contributed by atoms with van der Waals surface area (Å²) in [5, 5.41) is 12.4. The van der Waals surface area contributed by atoms with Crippen molar-refractivity contribution in [3.05, 3.63) is 154 Å². The number of rotatable bonds is 13. The van der Waals surface area contributed by atoms with E-state index in [1.165, 1.54) is 29.8 Å². The molecule has 1 atom stereocenters. The largest absolute Gasteiger partial charge is 0.369 e. The van der Waals surface area contributed by atoms with Crippen LogP contribution in [0.4, 0.5) is 21.9 Å². The van der Waals surface area contributed by atoms with Crippen molar-refractivity contribution in [2.24, 2.45) is 0 Å². The second-order valence-electron chi connectivity index (χ2n) is 15.7. The lowest BCUT2D eigenvalue weighted by Gasteiger charge is -2.38. The number of anilines is 2. The van der Waals surface area contributed by atoms with Crippen LogP contribution in [0.2, 0.25) is 0 Å². The fourth-order valence-electron chi connectivity index (χ4n) is 8.00. The van der Waals surface area contributed by atoms with Gasteiger partial charge in [0, 0.05) is 96.9 Å². The third-order valence-electron chi connectivity index (χ3n) is 11.7. The summed E-state index contributed by atoms with van der Waals surface area (Å²) in [6.45, 7) is 8.14. The molecule has 0 spiro atoms. The number of hydrogen-bond donors (Lipinski definition) is 1. The number of nitro benzene ring substituents is 1. The summed E-state index contributed by atoms with van der Waals surface area (Å²) in [6, 6.07) is 37.5. The summed E-state index contributed by atoms with van der Waals surface area (Å²) in [5.41, 5.74) is 4.95. The highest BCUT2D eigenvalue weighted by Gasteiger charge is 2.32. The zero-order chi connectivity index (χ0) is 43.1. The number of nitrogens with one attached hydrogen (secondary N) is 1. The zero-order valence-electron chi connectivity index (χ0n) is 34.8. The number of benzene rings is 5. The topological polar surface area (TPSA) is 143 Å². The molecule has 5 aromatic carbocycles. The summed E-state index contributed by atoms with van der Waals surface area (Å²) >= 11 is 0. The molecule has 2 saturated heterocycles. The van der Waals surface area contributed by atoms with Crippen molar-refractivity contribution in [2.75, 3.05) is 89.8 Å². The minimum absolute atomic E-state index is 0.0908. The van der Waals surface area contributed by atoms with Gasteiger partial charge in [-0.15, -0.1) is 0 Å². The summed E-state index contributed by atoms with van der Waals surface area (Å²) in [6.07, 6.45) is 0. The van der Waals surface area contributed by atoms with Gasteiger partial charge in [0.1, 0.15) is 5.69 Å². The molecule has 318 valence electrons. The van der Waals surface area contributed by atoms with E-state index in [0.717, 1.165) is 87.2 Å². The number of carbonyl (C=O) groups excluding carboxylic acids is 2. The molecule has 2 aliphatic rings. The third-order valence-corrected chi connectivity index (χ3v) is 13.0. The predicted octanol–water partition coefficient (Wildman–Crippen LogP) is 6.18. The Balaban J connectivity index is 0.981. The van der Waals surface area contributed by atoms with E-state index < -0.39 is 37.5 Å². The maximum absolute atomic E-state index is 14.0. The maximum atomic E-state index is 14.0. The molecule has 2 fully saturated rings. The molecular weight excluding hydrogens is 793 g/mol. The molecule has 0 saturated carbocycles. The highest BCUT2D eigenvalue weighted by atomic mass is 32.2. The minimum atomic E-state index is -4.54. The van der Waals surface area contributed by atoms with Crippen LogP contribution in [0.15, 0.2) is 132 Å². The molecule has 5 aromatic rings. The first-order valence-corrected chi connectivity index (χ1v) is 21.9. The Bertz CT molecular complexity index is 2420. The Morgan fingerprint density at radius 3 is 2.02 bits per heavy atom. The van der Waals surface area contributed by atoms with Crippen LogP contribution in [0.3, 0.4) is 0 Å². The quantitative estimate of drug-likeness (QED) is 0.108. The van der Waals surface area contributed by atoms with Crippen molar-refractivity contribution < 1.29 is 22.9 Å². The van der Waals surface area contributed by atoms with Gasteiger partial charge in [-0.25, -0.2) is 17.9 Å². The highest BCUT2D eigenvalue weighted by Crippen LogP contribution is 2.33. The molecule has 2 heterocycles. The van der Waals surface area contributed by atoms with E-state index in [-0.39, 0.29) is 17.3 Å². The number of carbonyl (C=O) groups is 2. The molecule has 2 aliphatic heterocycles. The molecule has 14 nitrogen and oxygen atoms in total. The molecule has 0 aromatic heterocycles. The molecule has 0 bridgehead atoms. The first-order valence-electron chi connectivity index (χ1n) is 20.4. The Labute approximate surface area is 357 Å². The summed E-state index contributed by atoms with van der Waals surface area (Å²) < 4.78 is 29.0. The van der Waals surface area contributed by atoms with E-state index >= 15 is 0 Å². The lowest BCUT2D eigenvalue weighted by molar-refractivity contribution is -0.384. The molecule has 7 rings (SSSR count). The lowest BCUT2D eigenvalue weighted by atomic mass is 9.99. The number of urea groups is 1. The van der Waals surface area contributed by atoms with Crippen molar-refractivity contribution in [1.29, 1.82) is 0 Å². The molecule has 3 amide bonds. The Kier molecular flexibility index (Phi) is 13.4. The van der Waals surface area contributed by atoms with Crippen molar-refractivity contribution in [3.8, 4) is 11.1 Å². The second-order valence-corrected chi connectivity index (χ2v) is 17.3. The van der Waals surface area contributed by atoms with Crippen LogP contribution in [0.5, 0.6) is 0 Å². The van der Waals surface area contributed by atoms with Crippen molar-refractivity contribution in [1.82, 2.24) is 24.3 Å². The zero-order valence-corrected chi connectivity index (χ0v) is 35.6. The van der Waals surface area contributed by atoms with Gasteiger partial charge in [0.25, 0.3) is 21.6 Å². The molecule has 1 N–H and O–H groups in total. The van der Waals surface area contributed by atoms with E-state index in [2.05, 4.69) is 67.8 Å². The number of sulfonamides is 1. The third kappa shape index (κ3) is 10.3. The van der Waals surface area contributed by atoms with Crippen LogP contribution >= 0.6 is 0 Å². The Morgan fingerprint density at radius 2 is 1.36 bits per heavy atom. The average molecular weight is 845 g/mol. The Hall–Kier alpha value is -6.13. The van der Waals surface area contributed by atoms with Crippen LogP contribution in [0.25, 0.3) is 11.1 Å². The van der Waals surface area contributed by atoms with E-state index in [9.17, 15) is 28.1 Å². The first-order chi connectivity index (χ1) is 29.4. The second kappa shape index (κ2) is 19.1. The van der Waals surface area contributed by atoms with Gasteiger partial charge in [0.2, 0.25) is 0 Å². The first kappa shape index (κ1) is 43.0. The number of nitro groups is 1. The highest BCUT2D eigenvalue weighted by molar-refractivity contribution is 7.90. The van der Waals surface area contributed by atoms with Gasteiger partial charge in [-0.1, -0.05) is 84.9 Å². The average Bonchev–Trinajstić information content (AvgIpc) is 3.29. The SMILES string of the molecule is CN1CCN(CC(c2ccccc2)N(C)C(=O)N(C)c2ccc(S(=O)(=O)NC(=O)c3ccc(N4CCN(Cc5ccccc5-c5ccccc5)CC4)cc3)cc2[N+](=O)[O-])CC1. The van der Waals surface area contributed by atoms with Crippen molar-refractivity contribution in [2.45, 2.75) is 17.5 Å². The van der Waals surface area contributed by atoms with Gasteiger partial charge in [-0.3, -0.25) is 29.6 Å². The number of amides is 3. The van der Waals surface area contributed by atoms with E-state index in [4.69, 9.17) is 0 Å². The van der Waals surface area contributed by atoms with Gasteiger partial charge in [-0.05, 0) is 65.7 Å². The summed E-state index contributed by atoms with van der Waals surface area (Å²) in [5.74, 6) is -0.874. The number of nitrogens with zero attached hydrogens (tertiary/aromatic N) is 7. The number of hydrogen-bond acceptors (Lipinski definition) is 10. The molecule has 1 unspecified atom stereocenters.